The fourth-order valence-electron chi connectivity index (χ4n) is 2.78. The summed E-state index contributed by atoms with van der Waals surface area (Å²) in [5, 5.41) is 15.0. The fraction of sp³-hybridized carbons (Fsp3) is 0.150. The van der Waals surface area contributed by atoms with Gasteiger partial charge in [0.15, 0.2) is 11.5 Å². The van der Waals surface area contributed by atoms with Crippen LogP contribution in [0.5, 0.6) is 11.5 Å². The lowest BCUT2D eigenvalue weighted by Crippen LogP contribution is -2.38. The van der Waals surface area contributed by atoms with Gasteiger partial charge in [-0.1, -0.05) is 12.1 Å². The van der Waals surface area contributed by atoms with Gasteiger partial charge in [0.25, 0.3) is 5.91 Å². The Labute approximate surface area is 175 Å². The zero-order valence-electron chi connectivity index (χ0n) is 15.7. The molecule has 3 N–H and O–H groups in total. The molecule has 0 bridgehead atoms. The van der Waals surface area contributed by atoms with Crippen LogP contribution < -0.4 is 15.4 Å². The molecule has 2 aromatic rings. The molecule has 1 fully saturated rings. The summed E-state index contributed by atoms with van der Waals surface area (Å²) in [6, 6.07) is 9.58. The maximum atomic E-state index is 12.6. The standard InChI is InChI=1S/C20H18BrN3O5/c1-11-4-3-5-13(6-11)22-17(25)10-24-19(27)15(23-20(24)28)8-12-7-14(21)18(26)16(9-12)29-2/h3-9,26H,10H2,1-2H3,(H,22,25)(H,23,28)/b15-8-. The fourth-order valence-corrected chi connectivity index (χ4v) is 3.24. The minimum absolute atomic E-state index is 0.0120. The van der Waals surface area contributed by atoms with Crippen LogP contribution in [0.25, 0.3) is 6.08 Å². The molecule has 1 aliphatic rings. The number of halogens is 1. The lowest BCUT2D eigenvalue weighted by atomic mass is 10.1. The predicted molar refractivity (Wildman–Crippen MR) is 110 cm³/mol. The largest absolute Gasteiger partial charge is 0.503 e. The van der Waals surface area contributed by atoms with Crippen LogP contribution in [0.4, 0.5) is 10.5 Å². The maximum Gasteiger partial charge on any atom is 0.329 e. The molecule has 3 rings (SSSR count). The van der Waals surface area contributed by atoms with E-state index in [1.807, 2.05) is 13.0 Å². The summed E-state index contributed by atoms with van der Waals surface area (Å²) in [7, 11) is 1.40. The molecule has 0 saturated carbocycles. The minimum Gasteiger partial charge on any atom is -0.503 e. The van der Waals surface area contributed by atoms with Crippen molar-refractivity contribution < 1.29 is 24.2 Å². The number of carbonyl (C=O) groups is 3. The summed E-state index contributed by atoms with van der Waals surface area (Å²) in [5.41, 5.74) is 2.08. The van der Waals surface area contributed by atoms with Crippen molar-refractivity contribution in [3.05, 3.63) is 57.7 Å². The Bertz CT molecular complexity index is 1030. The van der Waals surface area contributed by atoms with Gasteiger partial charge in [0.1, 0.15) is 12.2 Å². The van der Waals surface area contributed by atoms with Crippen molar-refractivity contribution in [2.75, 3.05) is 19.0 Å². The molecule has 29 heavy (non-hydrogen) atoms. The van der Waals surface area contributed by atoms with Gasteiger partial charge in [-0.3, -0.25) is 9.59 Å². The number of urea groups is 1. The van der Waals surface area contributed by atoms with Crippen molar-refractivity contribution in [1.29, 1.82) is 0 Å². The van der Waals surface area contributed by atoms with Gasteiger partial charge >= 0.3 is 6.03 Å². The smallest absolute Gasteiger partial charge is 0.329 e. The number of anilines is 1. The number of phenols is 1. The van der Waals surface area contributed by atoms with Gasteiger partial charge < -0.3 is 20.5 Å². The highest BCUT2D eigenvalue weighted by Crippen LogP contribution is 2.35. The van der Waals surface area contributed by atoms with E-state index in [0.717, 1.165) is 10.5 Å². The number of aromatic hydroxyl groups is 1. The van der Waals surface area contributed by atoms with E-state index < -0.39 is 24.4 Å². The molecule has 8 nitrogen and oxygen atoms in total. The van der Waals surface area contributed by atoms with Crippen molar-refractivity contribution in [2.24, 2.45) is 0 Å². The third kappa shape index (κ3) is 4.57. The topological polar surface area (TPSA) is 108 Å². The monoisotopic (exact) mass is 459 g/mol. The van der Waals surface area contributed by atoms with Crippen molar-refractivity contribution >= 4 is 45.5 Å². The SMILES string of the molecule is COc1cc(/C=C2\NC(=O)N(CC(=O)Nc3cccc(C)c3)C2=O)cc(Br)c1O. The number of hydrogen-bond donors (Lipinski definition) is 3. The summed E-state index contributed by atoms with van der Waals surface area (Å²) in [5.74, 6) is -0.991. The van der Waals surface area contributed by atoms with Crippen LogP contribution in [-0.2, 0) is 9.59 Å². The van der Waals surface area contributed by atoms with E-state index in [1.54, 1.807) is 24.3 Å². The van der Waals surface area contributed by atoms with Gasteiger partial charge in [-0.15, -0.1) is 0 Å². The predicted octanol–water partition coefficient (Wildman–Crippen LogP) is 3.00. The lowest BCUT2D eigenvalue weighted by molar-refractivity contribution is -0.127. The van der Waals surface area contributed by atoms with Crippen LogP contribution in [0, 0.1) is 6.92 Å². The summed E-state index contributed by atoms with van der Waals surface area (Å²) in [4.78, 5) is 37.8. The summed E-state index contributed by atoms with van der Waals surface area (Å²) in [6.07, 6.45) is 1.44. The van der Waals surface area contributed by atoms with Crippen LogP contribution in [-0.4, -0.2) is 41.5 Å². The average molecular weight is 460 g/mol. The number of benzene rings is 2. The Kier molecular flexibility index (Phi) is 5.88. The summed E-state index contributed by atoms with van der Waals surface area (Å²) >= 11 is 3.20. The van der Waals surface area contributed by atoms with E-state index in [2.05, 4.69) is 26.6 Å². The number of methoxy groups -OCH3 is 1. The molecule has 1 heterocycles. The molecule has 4 amide bonds. The van der Waals surface area contributed by atoms with E-state index in [1.165, 1.54) is 19.3 Å². The highest BCUT2D eigenvalue weighted by Gasteiger charge is 2.35. The number of imide groups is 1. The Morgan fingerprint density at radius 2 is 2.07 bits per heavy atom. The number of rotatable bonds is 5. The molecular weight excluding hydrogens is 442 g/mol. The Hall–Kier alpha value is -3.33. The molecule has 1 saturated heterocycles. The second-order valence-electron chi connectivity index (χ2n) is 6.35. The van der Waals surface area contributed by atoms with E-state index in [9.17, 15) is 19.5 Å². The number of amides is 4. The molecule has 0 unspecified atom stereocenters. The maximum absolute atomic E-state index is 12.6. The van der Waals surface area contributed by atoms with E-state index in [4.69, 9.17) is 4.74 Å². The van der Waals surface area contributed by atoms with Crippen LogP contribution >= 0.6 is 15.9 Å². The second-order valence-corrected chi connectivity index (χ2v) is 7.21. The molecule has 1 aliphatic heterocycles. The number of nitrogens with zero attached hydrogens (tertiary/aromatic N) is 1. The molecular formula is C20H18BrN3O5. The zero-order chi connectivity index (χ0) is 21.1. The lowest BCUT2D eigenvalue weighted by Gasteiger charge is -2.12. The molecule has 150 valence electrons. The normalized spacial score (nSPS) is 14.9. The van der Waals surface area contributed by atoms with Crippen molar-refractivity contribution in [3.63, 3.8) is 0 Å². The minimum atomic E-state index is -0.689. The van der Waals surface area contributed by atoms with Gasteiger partial charge in [0.05, 0.1) is 11.6 Å². The third-order valence-corrected chi connectivity index (χ3v) is 4.75. The van der Waals surface area contributed by atoms with Gasteiger partial charge in [-0.05, 0) is 64.3 Å². The van der Waals surface area contributed by atoms with Crippen molar-refractivity contribution in [1.82, 2.24) is 10.2 Å². The molecule has 0 spiro atoms. The second kappa shape index (κ2) is 8.36. The first kappa shape index (κ1) is 20.4. The number of phenolic OH excluding ortho intramolecular Hbond substituents is 1. The first-order valence-corrected chi connectivity index (χ1v) is 9.35. The number of ether oxygens (including phenoxy) is 1. The van der Waals surface area contributed by atoms with Crippen molar-refractivity contribution in [2.45, 2.75) is 6.92 Å². The number of aryl methyl sites for hydroxylation is 1. The van der Waals surface area contributed by atoms with Gasteiger partial charge in [-0.2, -0.15) is 0 Å². The highest BCUT2D eigenvalue weighted by atomic mass is 79.9. The molecule has 0 aliphatic carbocycles. The molecule has 0 aromatic heterocycles. The summed E-state index contributed by atoms with van der Waals surface area (Å²) < 4.78 is 5.44. The first-order valence-electron chi connectivity index (χ1n) is 8.56. The van der Waals surface area contributed by atoms with Gasteiger partial charge in [0.2, 0.25) is 5.91 Å². The van der Waals surface area contributed by atoms with Crippen LogP contribution in [0.15, 0.2) is 46.6 Å². The van der Waals surface area contributed by atoms with Crippen LogP contribution in [0.2, 0.25) is 0 Å². The molecule has 0 radical (unpaired) electrons. The highest BCUT2D eigenvalue weighted by molar-refractivity contribution is 9.10. The van der Waals surface area contributed by atoms with Gasteiger partial charge in [0, 0.05) is 5.69 Å². The first-order chi connectivity index (χ1) is 13.8. The summed E-state index contributed by atoms with van der Waals surface area (Å²) in [6.45, 7) is 1.47. The zero-order valence-corrected chi connectivity index (χ0v) is 17.2. The van der Waals surface area contributed by atoms with Gasteiger partial charge in [-0.25, -0.2) is 9.69 Å². The third-order valence-electron chi connectivity index (χ3n) is 4.15. The molecule has 9 heteroatoms. The quantitative estimate of drug-likeness (QED) is 0.470. The van der Waals surface area contributed by atoms with Crippen molar-refractivity contribution in [3.8, 4) is 11.5 Å². The Morgan fingerprint density at radius 1 is 1.31 bits per heavy atom. The van der Waals surface area contributed by atoms with E-state index in [-0.39, 0.29) is 17.2 Å². The average Bonchev–Trinajstić information content (AvgIpc) is 2.92. The molecule has 0 atom stereocenters. The van der Waals surface area contributed by atoms with E-state index >= 15 is 0 Å². The number of hydrogen-bond acceptors (Lipinski definition) is 5. The number of carbonyl (C=O) groups excluding carboxylic acids is 3. The molecule has 2 aromatic carbocycles. The van der Waals surface area contributed by atoms with Crippen LogP contribution in [0.3, 0.4) is 0 Å². The van der Waals surface area contributed by atoms with E-state index in [0.29, 0.717) is 15.7 Å². The number of nitrogens with one attached hydrogen (secondary N) is 2. The Balaban J connectivity index is 1.75. The Morgan fingerprint density at radius 3 is 2.76 bits per heavy atom. The van der Waals surface area contributed by atoms with Crippen LogP contribution in [0.1, 0.15) is 11.1 Å².